The number of hydrogen-bond acceptors (Lipinski definition) is 4. The molecular weight excluding hydrogens is 378 g/mol. The number of amides is 1. The second-order valence-electron chi connectivity index (χ2n) is 8.63. The van der Waals surface area contributed by atoms with Crippen molar-refractivity contribution in [1.82, 2.24) is 0 Å². The largest absolute Gasteiger partial charge is 0.496 e. The maximum atomic E-state index is 12.3. The Kier molecular flexibility index (Phi) is 5.15. The van der Waals surface area contributed by atoms with E-state index in [4.69, 9.17) is 14.2 Å². The Hall–Kier alpha value is -2.53. The van der Waals surface area contributed by atoms with Crippen molar-refractivity contribution in [2.75, 3.05) is 19.5 Å². The molecule has 2 fully saturated rings. The number of ether oxygens (including phenoxy) is 3. The molecule has 1 N–H and O–H groups in total. The summed E-state index contributed by atoms with van der Waals surface area (Å²) in [5.74, 6) is 2.35. The van der Waals surface area contributed by atoms with Crippen LogP contribution in [0.3, 0.4) is 0 Å². The summed E-state index contributed by atoms with van der Waals surface area (Å²) >= 11 is 0. The average molecular weight is 408 g/mol. The Morgan fingerprint density at radius 2 is 1.70 bits per heavy atom. The summed E-state index contributed by atoms with van der Waals surface area (Å²) in [6, 6.07) is 12.0. The molecule has 0 aromatic heterocycles. The van der Waals surface area contributed by atoms with Crippen molar-refractivity contribution >= 4 is 11.6 Å². The van der Waals surface area contributed by atoms with Gasteiger partial charge in [0, 0.05) is 28.7 Å². The molecule has 2 aliphatic carbocycles. The highest BCUT2D eigenvalue weighted by molar-refractivity contribution is 5.94. The lowest BCUT2D eigenvalue weighted by molar-refractivity contribution is -0.117. The number of anilines is 1. The molecule has 3 aliphatic rings. The second kappa shape index (κ2) is 7.95. The number of hydrogen-bond donors (Lipinski definition) is 1. The van der Waals surface area contributed by atoms with Gasteiger partial charge < -0.3 is 19.5 Å². The molecule has 0 radical (unpaired) electrons. The SMILES string of the molecule is COc1ccc(OC)c2c1[C@@H](c1cccc(NC(=O)C3CC3)c1)O[C@@H]1CCCC[C@H]21. The van der Waals surface area contributed by atoms with E-state index in [1.807, 2.05) is 30.3 Å². The van der Waals surface area contributed by atoms with Crippen LogP contribution in [0.5, 0.6) is 11.5 Å². The molecule has 2 aromatic rings. The topological polar surface area (TPSA) is 56.8 Å². The molecule has 5 nitrogen and oxygen atoms in total. The zero-order valence-electron chi connectivity index (χ0n) is 17.6. The van der Waals surface area contributed by atoms with Crippen molar-refractivity contribution in [2.45, 2.75) is 56.7 Å². The van der Waals surface area contributed by atoms with Crippen LogP contribution in [0.15, 0.2) is 36.4 Å². The number of rotatable bonds is 5. The molecule has 2 aromatic carbocycles. The molecule has 1 aliphatic heterocycles. The van der Waals surface area contributed by atoms with E-state index in [2.05, 4.69) is 11.4 Å². The molecule has 30 heavy (non-hydrogen) atoms. The Morgan fingerprint density at radius 1 is 0.967 bits per heavy atom. The highest BCUT2D eigenvalue weighted by Crippen LogP contribution is 2.53. The third-order valence-corrected chi connectivity index (χ3v) is 6.70. The number of carbonyl (C=O) groups excluding carboxylic acids is 1. The Balaban J connectivity index is 1.58. The third-order valence-electron chi connectivity index (χ3n) is 6.70. The molecule has 5 rings (SSSR count). The molecule has 1 heterocycles. The summed E-state index contributed by atoms with van der Waals surface area (Å²) in [5, 5.41) is 3.06. The van der Waals surface area contributed by atoms with E-state index < -0.39 is 0 Å². The van der Waals surface area contributed by atoms with Gasteiger partial charge in [-0.2, -0.15) is 0 Å². The van der Waals surface area contributed by atoms with E-state index in [-0.39, 0.29) is 24.0 Å². The van der Waals surface area contributed by atoms with Gasteiger partial charge in [0.1, 0.15) is 17.6 Å². The summed E-state index contributed by atoms with van der Waals surface area (Å²) in [7, 11) is 3.44. The summed E-state index contributed by atoms with van der Waals surface area (Å²) < 4.78 is 18.3. The van der Waals surface area contributed by atoms with Gasteiger partial charge in [0.05, 0.1) is 20.3 Å². The first kappa shape index (κ1) is 19.4. The maximum Gasteiger partial charge on any atom is 0.227 e. The fourth-order valence-electron chi connectivity index (χ4n) is 5.05. The number of carbonyl (C=O) groups is 1. The first-order chi connectivity index (χ1) is 14.7. The number of benzene rings is 2. The lowest BCUT2D eigenvalue weighted by Gasteiger charge is -2.42. The van der Waals surface area contributed by atoms with Crippen LogP contribution in [-0.4, -0.2) is 26.2 Å². The van der Waals surface area contributed by atoms with Gasteiger partial charge >= 0.3 is 0 Å². The van der Waals surface area contributed by atoms with Crippen molar-refractivity contribution in [3.05, 3.63) is 53.1 Å². The molecule has 1 amide bonds. The lowest BCUT2D eigenvalue weighted by Crippen LogP contribution is -2.34. The highest BCUT2D eigenvalue weighted by Gasteiger charge is 2.41. The average Bonchev–Trinajstić information content (AvgIpc) is 3.63. The number of nitrogens with one attached hydrogen (secondary N) is 1. The minimum atomic E-state index is -0.248. The first-order valence-corrected chi connectivity index (χ1v) is 11.0. The van der Waals surface area contributed by atoms with Crippen LogP contribution in [0.4, 0.5) is 5.69 Å². The predicted octanol–water partition coefficient (Wildman–Crippen LogP) is 5.20. The van der Waals surface area contributed by atoms with Gasteiger partial charge in [-0.15, -0.1) is 0 Å². The van der Waals surface area contributed by atoms with Crippen LogP contribution in [0.25, 0.3) is 0 Å². The van der Waals surface area contributed by atoms with Crippen molar-refractivity contribution in [3.63, 3.8) is 0 Å². The van der Waals surface area contributed by atoms with E-state index in [1.165, 1.54) is 18.4 Å². The van der Waals surface area contributed by atoms with E-state index in [0.717, 1.165) is 54.0 Å². The fraction of sp³-hybridized carbons (Fsp3) is 0.480. The van der Waals surface area contributed by atoms with Crippen LogP contribution in [0.1, 0.15) is 67.2 Å². The third kappa shape index (κ3) is 3.45. The van der Waals surface area contributed by atoms with E-state index in [9.17, 15) is 4.79 Å². The fourth-order valence-corrected chi connectivity index (χ4v) is 5.05. The lowest BCUT2D eigenvalue weighted by atomic mass is 9.75. The normalized spacial score (nSPS) is 25.1. The van der Waals surface area contributed by atoms with Crippen LogP contribution < -0.4 is 14.8 Å². The van der Waals surface area contributed by atoms with Gasteiger partial charge in [0.25, 0.3) is 0 Å². The molecule has 5 heteroatoms. The van der Waals surface area contributed by atoms with Crippen molar-refractivity contribution < 1.29 is 19.0 Å². The van der Waals surface area contributed by atoms with Gasteiger partial charge in [0.15, 0.2) is 0 Å². The number of fused-ring (bicyclic) bond motifs is 3. The molecule has 0 unspecified atom stereocenters. The van der Waals surface area contributed by atoms with Crippen molar-refractivity contribution in [1.29, 1.82) is 0 Å². The summed E-state index contributed by atoms with van der Waals surface area (Å²) in [4.78, 5) is 12.3. The molecule has 158 valence electrons. The molecule has 0 spiro atoms. The molecule has 0 bridgehead atoms. The smallest absolute Gasteiger partial charge is 0.227 e. The Labute approximate surface area is 177 Å². The molecule has 0 saturated heterocycles. The molecular formula is C25H29NO4. The Bertz CT molecular complexity index is 952. The minimum Gasteiger partial charge on any atom is -0.496 e. The molecule has 3 atom stereocenters. The van der Waals surface area contributed by atoms with Gasteiger partial charge in [-0.3, -0.25) is 4.79 Å². The summed E-state index contributed by atoms with van der Waals surface area (Å²) in [6.07, 6.45) is 6.45. The van der Waals surface area contributed by atoms with Gasteiger partial charge in [-0.05, 0) is 55.5 Å². The van der Waals surface area contributed by atoms with Crippen LogP contribution in [0.2, 0.25) is 0 Å². The quantitative estimate of drug-likeness (QED) is 0.740. The number of methoxy groups -OCH3 is 2. The summed E-state index contributed by atoms with van der Waals surface area (Å²) in [5.41, 5.74) is 4.14. The zero-order valence-corrected chi connectivity index (χ0v) is 17.6. The van der Waals surface area contributed by atoms with Gasteiger partial charge in [0.2, 0.25) is 5.91 Å². The van der Waals surface area contributed by atoms with Crippen LogP contribution in [-0.2, 0) is 9.53 Å². The second-order valence-corrected chi connectivity index (χ2v) is 8.63. The minimum absolute atomic E-state index is 0.115. The summed E-state index contributed by atoms with van der Waals surface area (Å²) in [6.45, 7) is 0. The highest BCUT2D eigenvalue weighted by atomic mass is 16.5. The van der Waals surface area contributed by atoms with E-state index in [0.29, 0.717) is 5.92 Å². The van der Waals surface area contributed by atoms with Gasteiger partial charge in [-0.25, -0.2) is 0 Å². The van der Waals surface area contributed by atoms with E-state index in [1.54, 1.807) is 14.2 Å². The van der Waals surface area contributed by atoms with Crippen molar-refractivity contribution in [2.24, 2.45) is 5.92 Å². The predicted molar refractivity (Wildman–Crippen MR) is 115 cm³/mol. The van der Waals surface area contributed by atoms with Crippen LogP contribution >= 0.6 is 0 Å². The first-order valence-electron chi connectivity index (χ1n) is 11.0. The Morgan fingerprint density at radius 3 is 2.43 bits per heavy atom. The molecule has 2 saturated carbocycles. The maximum absolute atomic E-state index is 12.3. The monoisotopic (exact) mass is 407 g/mol. The zero-order chi connectivity index (χ0) is 20.7. The van der Waals surface area contributed by atoms with Crippen LogP contribution in [0, 0.1) is 5.92 Å². The van der Waals surface area contributed by atoms with Crippen molar-refractivity contribution in [3.8, 4) is 11.5 Å². The van der Waals surface area contributed by atoms with Gasteiger partial charge in [-0.1, -0.05) is 25.0 Å². The van der Waals surface area contributed by atoms with E-state index >= 15 is 0 Å². The standard InChI is InChI=1S/C25H29NO4/c1-28-20-12-13-21(29-2)23-22(20)18-8-3-4-9-19(18)30-24(23)16-6-5-7-17(14-16)26-25(27)15-10-11-15/h5-7,12-15,18-19,24H,3-4,8-11H2,1-2H3,(H,26,27)/t18-,19+,24+/m0/s1.